The van der Waals surface area contributed by atoms with E-state index >= 15 is 0 Å². The topological polar surface area (TPSA) is 13.0 Å². The van der Waals surface area contributed by atoms with Gasteiger partial charge in [-0.05, 0) is 397 Å². The summed E-state index contributed by atoms with van der Waals surface area (Å²) in [5.41, 5.74) is 48.2. The lowest BCUT2D eigenvalue weighted by Gasteiger charge is -2.39. The lowest BCUT2D eigenvalue weighted by atomic mass is 9.98. The minimum Gasteiger partial charge on any atom is -0.310 e. The van der Waals surface area contributed by atoms with E-state index in [0.29, 0.717) is 0 Å². The molecule has 0 fully saturated rings. The minimum absolute atomic E-state index is 0.245. The van der Waals surface area contributed by atoms with Crippen LogP contribution in [0.15, 0.2) is 194 Å². The lowest BCUT2D eigenvalue weighted by Crippen LogP contribution is -2.33. The van der Waals surface area contributed by atoms with Gasteiger partial charge in [-0.25, -0.2) is 0 Å². The maximum absolute atomic E-state index is 2.49. The molecule has 12 aromatic carbocycles. The quantitative estimate of drug-likeness (QED) is 0.0894. The maximum atomic E-state index is 2.49. The molecule has 101 heavy (non-hydrogen) atoms. The Balaban J connectivity index is 1.17. The highest BCUT2D eigenvalue weighted by Gasteiger charge is 2.41. The minimum atomic E-state index is 0.245. The van der Waals surface area contributed by atoms with Crippen LogP contribution in [-0.4, -0.2) is 0 Å². The van der Waals surface area contributed by atoms with Gasteiger partial charge in [0.25, 0.3) is 0 Å². The molecule has 0 saturated heterocycles. The number of hydrogen-bond donors (Lipinski definition) is 0. The van der Waals surface area contributed by atoms with Gasteiger partial charge in [-0.1, -0.05) is 48.5 Å². The zero-order valence-corrected chi connectivity index (χ0v) is 64.7. The predicted molar refractivity (Wildman–Crippen MR) is 439 cm³/mol. The molecule has 0 aliphatic heterocycles. The Morgan fingerprint density at radius 1 is 0.139 bits per heavy atom. The molecule has 0 spiro atoms. The first kappa shape index (κ1) is 70.7. The molecule has 0 aromatic heterocycles. The predicted octanol–water partition coefficient (Wildman–Crippen LogP) is 28.3. The van der Waals surface area contributed by atoms with Gasteiger partial charge in [0.15, 0.2) is 0 Å². The Hall–Kier alpha value is -10.2. The Kier molecular flexibility index (Phi) is 19.4. The van der Waals surface area contributed by atoms with Gasteiger partial charge in [0, 0.05) is 117 Å². The summed E-state index contributed by atoms with van der Waals surface area (Å²) in [6.45, 7) is 53.8. The van der Waals surface area contributed by atoms with Crippen molar-refractivity contribution in [2.75, 3.05) is 19.6 Å². The zero-order chi connectivity index (χ0) is 72.5. The first-order valence-corrected chi connectivity index (χ1v) is 36.1. The molecule has 5 heteroatoms. The van der Waals surface area contributed by atoms with Crippen molar-refractivity contribution in [3.63, 3.8) is 0 Å². The van der Waals surface area contributed by atoms with Gasteiger partial charge in [0.1, 0.15) is 22.7 Å². The van der Waals surface area contributed by atoms with Crippen LogP contribution in [0, 0.1) is 166 Å². The van der Waals surface area contributed by atoms with Gasteiger partial charge >= 0.3 is 0 Å². The molecule has 0 aliphatic rings. The molecule has 0 amide bonds. The molecule has 12 rings (SSSR count). The summed E-state index contributed by atoms with van der Waals surface area (Å²) in [7, 11) is 0. The SMILES string of the molecule is Cc1cc(C)c(N(c2ccc([N+](c3ccc(N(c4cc(C)c(C)cc4C)c4cc(C)c(C)cc4C)cc3)(c3ccc(N(c4cc(C)c(C)cc4C)c4cc(C)c(C)cc4C)cc3)c3ccc(N(c4cc(C)c(C)cc4C)c4cc(C)c(C)cc4C)cc3)cc2)c2cc(C)c(C)cc2C)cc1C. The monoisotopic (exact) mass is 1330 g/mol. The summed E-state index contributed by atoms with van der Waals surface area (Å²) in [4.78, 5) is 9.98. The molecule has 512 valence electrons. The summed E-state index contributed by atoms with van der Waals surface area (Å²) < 4.78 is 0.245. The van der Waals surface area contributed by atoms with Gasteiger partial charge in [0.05, 0.1) is 0 Å². The van der Waals surface area contributed by atoms with Crippen molar-refractivity contribution in [2.45, 2.75) is 166 Å². The van der Waals surface area contributed by atoms with Crippen LogP contribution in [0.2, 0.25) is 0 Å². The van der Waals surface area contributed by atoms with Gasteiger partial charge in [-0.15, -0.1) is 0 Å². The third kappa shape index (κ3) is 13.1. The number of aryl methyl sites for hydroxylation is 24. The molecule has 0 N–H and O–H groups in total. The van der Waals surface area contributed by atoms with E-state index in [2.05, 4.69) is 380 Å². The average Bonchev–Trinajstić information content (AvgIpc) is 0.798. The van der Waals surface area contributed by atoms with E-state index in [1.54, 1.807) is 0 Å². The van der Waals surface area contributed by atoms with Crippen molar-refractivity contribution in [1.82, 2.24) is 4.48 Å². The summed E-state index contributed by atoms with van der Waals surface area (Å²) in [5.74, 6) is 0. The molecular weight excluding hydrogens is 1220 g/mol. The van der Waals surface area contributed by atoms with Crippen LogP contribution in [0.5, 0.6) is 0 Å². The molecule has 0 aliphatic carbocycles. The number of nitrogens with zero attached hydrogens (tertiary/aromatic N) is 5. The highest BCUT2D eigenvalue weighted by molar-refractivity contribution is 5.91. The Bertz CT molecular complexity index is 4310. The molecule has 0 bridgehead atoms. The van der Waals surface area contributed by atoms with E-state index < -0.39 is 0 Å². The van der Waals surface area contributed by atoms with Crippen molar-refractivity contribution in [3.05, 3.63) is 328 Å². The first-order chi connectivity index (χ1) is 47.9. The van der Waals surface area contributed by atoms with Crippen LogP contribution in [-0.2, 0) is 0 Å². The fourth-order valence-electron chi connectivity index (χ4n) is 15.3. The van der Waals surface area contributed by atoms with Gasteiger partial charge in [-0.3, -0.25) is 0 Å². The van der Waals surface area contributed by atoms with E-state index in [4.69, 9.17) is 0 Å². The fourth-order valence-corrected chi connectivity index (χ4v) is 15.3. The maximum Gasteiger partial charge on any atom is 0.148 e. The lowest BCUT2D eigenvalue weighted by molar-refractivity contribution is 0.704. The van der Waals surface area contributed by atoms with Crippen molar-refractivity contribution in [2.24, 2.45) is 0 Å². The third-order valence-electron chi connectivity index (χ3n) is 22.4. The van der Waals surface area contributed by atoms with E-state index in [1.165, 1.54) is 179 Å². The normalized spacial score (nSPS) is 11.6. The second kappa shape index (κ2) is 27.7. The highest BCUT2D eigenvalue weighted by Crippen LogP contribution is 2.56. The average molecular weight is 1330 g/mol. The summed E-state index contributed by atoms with van der Waals surface area (Å²) in [6.07, 6.45) is 0. The Labute approximate surface area is 605 Å². The van der Waals surface area contributed by atoms with Gasteiger partial charge in [0.2, 0.25) is 0 Å². The third-order valence-corrected chi connectivity index (χ3v) is 22.4. The molecule has 0 heterocycles. The van der Waals surface area contributed by atoms with Crippen LogP contribution in [0.1, 0.15) is 134 Å². The molecule has 0 atom stereocenters. The van der Waals surface area contributed by atoms with Crippen molar-refractivity contribution in [3.8, 4) is 0 Å². The Morgan fingerprint density at radius 3 is 0.366 bits per heavy atom. The number of benzene rings is 12. The van der Waals surface area contributed by atoms with Crippen LogP contribution >= 0.6 is 0 Å². The van der Waals surface area contributed by atoms with Gasteiger partial charge < -0.3 is 19.6 Å². The van der Waals surface area contributed by atoms with Crippen LogP contribution in [0.4, 0.5) is 91.0 Å². The molecule has 5 nitrogen and oxygen atoms in total. The molecule has 0 saturated carbocycles. The Morgan fingerprint density at radius 2 is 0.248 bits per heavy atom. The van der Waals surface area contributed by atoms with Gasteiger partial charge in [-0.2, -0.15) is 4.48 Å². The van der Waals surface area contributed by atoms with E-state index in [0.717, 1.165) is 45.5 Å². The zero-order valence-electron chi connectivity index (χ0n) is 64.7. The first-order valence-electron chi connectivity index (χ1n) is 36.1. The summed E-state index contributed by atoms with van der Waals surface area (Å²) in [6, 6.07) is 76.0. The van der Waals surface area contributed by atoms with Crippen molar-refractivity contribution >= 4 is 91.0 Å². The van der Waals surface area contributed by atoms with Crippen LogP contribution in [0.25, 0.3) is 0 Å². The highest BCUT2D eigenvalue weighted by atomic mass is 15.4. The van der Waals surface area contributed by atoms with Crippen LogP contribution in [0.3, 0.4) is 0 Å². The van der Waals surface area contributed by atoms with Crippen molar-refractivity contribution < 1.29 is 0 Å². The summed E-state index contributed by atoms with van der Waals surface area (Å²) in [5, 5.41) is 0. The standard InChI is InChI=1S/C96H104N5/c1-57-41-73(17)89(49-65(57)9)97(90-50-66(10)58(2)42-74(90)18)81-25-33-85(34-26-81)101(86-35-27-82(28-36-86)98(91-51-67(11)59(3)43-75(91)19)92-52-68(12)60(4)44-76(92)20,87-37-29-83(30-38-87)99(93-53-69(13)61(5)45-77(93)21)94-54-70(14)62(6)46-78(94)22)88-39-31-84(32-40-88)100(95-55-71(15)63(7)47-79(95)23)96-56-72(16)64(8)48-80(96)24/h25-56H,1-24H3/q+1. The van der Waals surface area contributed by atoms with E-state index in [-0.39, 0.29) is 4.48 Å². The van der Waals surface area contributed by atoms with Crippen molar-refractivity contribution in [1.29, 1.82) is 0 Å². The van der Waals surface area contributed by atoms with E-state index in [1.807, 2.05) is 0 Å². The second-order valence-corrected chi connectivity index (χ2v) is 29.9. The number of anilines is 12. The van der Waals surface area contributed by atoms with Crippen LogP contribution < -0.4 is 24.1 Å². The number of rotatable bonds is 16. The fraction of sp³-hybridized carbons (Fsp3) is 0.250. The largest absolute Gasteiger partial charge is 0.310 e. The molecule has 12 aromatic rings. The molecular formula is C96H104N5+. The number of hydrogen-bond acceptors (Lipinski definition) is 4. The smallest absolute Gasteiger partial charge is 0.148 e. The number of quaternary nitrogens is 1. The summed E-state index contributed by atoms with van der Waals surface area (Å²) >= 11 is 0. The molecule has 0 radical (unpaired) electrons. The molecule has 0 unspecified atom stereocenters. The van der Waals surface area contributed by atoms with E-state index in [9.17, 15) is 0 Å². The second-order valence-electron chi connectivity index (χ2n) is 29.9.